The maximum Gasteiger partial charge on any atom is 0.145 e. The minimum Gasteiger partial charge on any atom is -0.300 e. The first-order valence-electron chi connectivity index (χ1n) is 10.2. The van der Waals surface area contributed by atoms with E-state index in [9.17, 15) is 3.89 Å². The largest absolute Gasteiger partial charge is 0.300 e. The Balaban J connectivity index is 1.81. The van der Waals surface area contributed by atoms with Crippen LogP contribution in [0.1, 0.15) is 36.1 Å². The molecule has 30 heavy (non-hydrogen) atoms. The van der Waals surface area contributed by atoms with Crippen LogP contribution in [-0.4, -0.2) is 9.55 Å². The highest BCUT2D eigenvalue weighted by atomic mass is 32.2. The second-order valence-electron chi connectivity index (χ2n) is 8.34. The Hall–Kier alpha value is -2.85. The summed E-state index contributed by atoms with van der Waals surface area (Å²) in [7, 11) is 0. The molecule has 1 heterocycles. The SMILES string of the molecule is Cc1ccccc1-n1ccnc1-c1c(C(C)(C)SF)ccc2c1Cc1ccccc1-2. The zero-order valence-corrected chi connectivity index (χ0v) is 18.1. The molecule has 0 spiro atoms. The average Bonchev–Trinajstić information content (AvgIpc) is 3.38. The third-order valence-electron chi connectivity index (χ3n) is 6.07. The first kappa shape index (κ1) is 19.1. The van der Waals surface area contributed by atoms with Crippen LogP contribution < -0.4 is 0 Å². The number of para-hydroxylation sites is 1. The van der Waals surface area contributed by atoms with Crippen LogP contribution in [0.2, 0.25) is 0 Å². The highest BCUT2D eigenvalue weighted by Gasteiger charge is 2.32. The van der Waals surface area contributed by atoms with Crippen molar-refractivity contribution in [1.29, 1.82) is 0 Å². The van der Waals surface area contributed by atoms with E-state index in [1.807, 2.05) is 38.4 Å². The number of hydrogen-bond acceptors (Lipinski definition) is 2. The molecule has 1 aliphatic rings. The predicted octanol–water partition coefficient (Wildman–Crippen LogP) is 7.27. The van der Waals surface area contributed by atoms with Gasteiger partial charge in [0.15, 0.2) is 0 Å². The molecule has 4 aromatic rings. The monoisotopic (exact) mass is 414 g/mol. The van der Waals surface area contributed by atoms with E-state index in [4.69, 9.17) is 4.98 Å². The molecule has 1 aliphatic carbocycles. The number of fused-ring (bicyclic) bond motifs is 3. The first-order valence-corrected chi connectivity index (χ1v) is 10.9. The maximum absolute atomic E-state index is 14.1. The van der Waals surface area contributed by atoms with Crippen LogP contribution in [0.15, 0.2) is 73.1 Å². The minimum absolute atomic E-state index is 0.389. The van der Waals surface area contributed by atoms with Crippen LogP contribution in [0.5, 0.6) is 0 Å². The molecule has 0 amide bonds. The van der Waals surface area contributed by atoms with Gasteiger partial charge in [0.05, 0.1) is 16.9 Å². The fourth-order valence-electron chi connectivity index (χ4n) is 4.53. The van der Waals surface area contributed by atoms with E-state index in [1.165, 1.54) is 27.8 Å². The molecule has 150 valence electrons. The minimum atomic E-state index is -0.679. The third kappa shape index (κ3) is 2.90. The normalized spacial score (nSPS) is 12.7. The van der Waals surface area contributed by atoms with Crippen molar-refractivity contribution in [3.63, 3.8) is 0 Å². The zero-order valence-electron chi connectivity index (χ0n) is 17.3. The van der Waals surface area contributed by atoms with Crippen molar-refractivity contribution >= 4 is 12.1 Å². The molecule has 5 rings (SSSR count). The molecule has 0 aliphatic heterocycles. The van der Waals surface area contributed by atoms with Crippen LogP contribution in [0.3, 0.4) is 0 Å². The number of imidazole rings is 1. The summed E-state index contributed by atoms with van der Waals surface area (Å²) in [6, 6.07) is 21.0. The molecular weight excluding hydrogens is 391 g/mol. The van der Waals surface area contributed by atoms with E-state index in [-0.39, 0.29) is 0 Å². The van der Waals surface area contributed by atoms with Gasteiger partial charge in [0, 0.05) is 23.6 Å². The lowest BCUT2D eigenvalue weighted by Crippen LogP contribution is -2.15. The van der Waals surface area contributed by atoms with Crippen molar-refractivity contribution in [2.75, 3.05) is 0 Å². The number of nitrogens with zero attached hydrogens (tertiary/aromatic N) is 2. The quantitative estimate of drug-likeness (QED) is 0.308. The molecule has 0 bridgehead atoms. The van der Waals surface area contributed by atoms with Gasteiger partial charge < -0.3 is 0 Å². The van der Waals surface area contributed by atoms with E-state index in [1.54, 1.807) is 0 Å². The molecule has 1 aromatic heterocycles. The fraction of sp³-hybridized carbons (Fsp3) is 0.192. The van der Waals surface area contributed by atoms with Gasteiger partial charge in [0.2, 0.25) is 0 Å². The van der Waals surface area contributed by atoms with Gasteiger partial charge in [0.25, 0.3) is 0 Å². The molecule has 0 radical (unpaired) electrons. The van der Waals surface area contributed by atoms with Crippen molar-refractivity contribution in [2.45, 2.75) is 31.9 Å². The topological polar surface area (TPSA) is 17.8 Å². The molecule has 0 N–H and O–H groups in total. The first-order chi connectivity index (χ1) is 14.5. The Bertz CT molecular complexity index is 1260. The number of benzene rings is 3. The number of hydrogen-bond donors (Lipinski definition) is 0. The second-order valence-corrected chi connectivity index (χ2v) is 9.52. The summed E-state index contributed by atoms with van der Waals surface area (Å²) in [6.45, 7) is 5.98. The van der Waals surface area contributed by atoms with Crippen LogP contribution in [-0.2, 0) is 11.2 Å². The van der Waals surface area contributed by atoms with Gasteiger partial charge in [-0.1, -0.05) is 54.6 Å². The third-order valence-corrected chi connectivity index (χ3v) is 6.67. The van der Waals surface area contributed by atoms with Crippen molar-refractivity contribution in [1.82, 2.24) is 9.55 Å². The lowest BCUT2D eigenvalue weighted by Gasteiger charge is -2.25. The summed E-state index contributed by atoms with van der Waals surface area (Å²) in [6.07, 6.45) is 4.67. The van der Waals surface area contributed by atoms with Gasteiger partial charge in [-0.3, -0.25) is 4.57 Å². The number of aromatic nitrogens is 2. The summed E-state index contributed by atoms with van der Waals surface area (Å²) in [4.78, 5) is 4.78. The van der Waals surface area contributed by atoms with Crippen LogP contribution in [0.25, 0.3) is 28.2 Å². The highest BCUT2D eigenvalue weighted by molar-refractivity contribution is 7.95. The van der Waals surface area contributed by atoms with Gasteiger partial charge >= 0.3 is 0 Å². The molecule has 4 heteroatoms. The summed E-state index contributed by atoms with van der Waals surface area (Å²) in [5.41, 5.74) is 9.32. The van der Waals surface area contributed by atoms with Crippen LogP contribution in [0, 0.1) is 6.92 Å². The summed E-state index contributed by atoms with van der Waals surface area (Å²) in [5, 5.41) is 0. The fourth-order valence-corrected chi connectivity index (χ4v) is 4.78. The van der Waals surface area contributed by atoms with Crippen molar-refractivity contribution in [2.24, 2.45) is 0 Å². The number of aryl methyl sites for hydroxylation is 1. The van der Waals surface area contributed by atoms with E-state index in [2.05, 4.69) is 60.0 Å². The van der Waals surface area contributed by atoms with Gasteiger partial charge in [-0.25, -0.2) is 4.98 Å². The van der Waals surface area contributed by atoms with Gasteiger partial charge in [-0.05, 0) is 66.6 Å². The van der Waals surface area contributed by atoms with Crippen LogP contribution in [0.4, 0.5) is 3.89 Å². The summed E-state index contributed by atoms with van der Waals surface area (Å²) >= 11 is 0.389. The molecule has 0 saturated carbocycles. The number of rotatable bonds is 4. The Morgan fingerprint density at radius 2 is 1.73 bits per heavy atom. The van der Waals surface area contributed by atoms with Gasteiger partial charge in [0.1, 0.15) is 5.82 Å². The Kier molecular flexibility index (Phi) is 4.55. The summed E-state index contributed by atoms with van der Waals surface area (Å²) in [5.74, 6) is 0.867. The van der Waals surface area contributed by atoms with Gasteiger partial charge in [-0.2, -0.15) is 3.89 Å². The molecule has 2 nitrogen and oxygen atoms in total. The lowest BCUT2D eigenvalue weighted by molar-refractivity contribution is 0.741. The standard InChI is InChI=1S/C26H23FN2S/c1-17-8-4-7-11-23(17)29-15-14-28-25(29)24-21-16-18-9-5-6-10-19(18)20(21)12-13-22(24)26(2,3)30-27/h4-15H,16H2,1-3H3. The number of halogens is 1. The second kappa shape index (κ2) is 7.13. The molecule has 3 aromatic carbocycles. The summed E-state index contributed by atoms with van der Waals surface area (Å²) < 4.78 is 15.5. The molecule has 0 unspecified atom stereocenters. The van der Waals surface area contributed by atoms with Gasteiger partial charge in [-0.15, -0.1) is 0 Å². The Morgan fingerprint density at radius 1 is 0.967 bits per heavy atom. The Morgan fingerprint density at radius 3 is 2.53 bits per heavy atom. The molecule has 0 saturated heterocycles. The van der Waals surface area contributed by atoms with Crippen molar-refractivity contribution in [3.8, 4) is 28.2 Å². The maximum atomic E-state index is 14.1. The average molecular weight is 415 g/mol. The van der Waals surface area contributed by atoms with E-state index < -0.39 is 4.75 Å². The highest BCUT2D eigenvalue weighted by Crippen LogP contribution is 2.48. The predicted molar refractivity (Wildman–Crippen MR) is 124 cm³/mol. The molecular formula is C26H23FN2S. The van der Waals surface area contributed by atoms with E-state index in [0.29, 0.717) is 12.1 Å². The lowest BCUT2D eigenvalue weighted by atomic mass is 9.89. The van der Waals surface area contributed by atoms with Crippen LogP contribution >= 0.6 is 12.1 Å². The zero-order chi connectivity index (χ0) is 20.9. The molecule has 0 atom stereocenters. The smallest absolute Gasteiger partial charge is 0.145 e. The van der Waals surface area contributed by atoms with Crippen molar-refractivity contribution < 1.29 is 3.89 Å². The Labute approximate surface area is 181 Å². The van der Waals surface area contributed by atoms with E-state index in [0.717, 1.165) is 29.1 Å². The van der Waals surface area contributed by atoms with E-state index >= 15 is 0 Å². The molecule has 0 fully saturated rings. The van der Waals surface area contributed by atoms with Crippen molar-refractivity contribution in [3.05, 3.63) is 95.3 Å².